The van der Waals surface area contributed by atoms with Gasteiger partial charge in [-0.3, -0.25) is 0 Å². The quantitative estimate of drug-likeness (QED) is 0.457. The average Bonchev–Trinajstić information content (AvgIpc) is 2.82. The van der Waals surface area contributed by atoms with Crippen LogP contribution in [0.25, 0.3) is 5.69 Å². The normalized spacial score (nSPS) is 10.4. The molecule has 0 aliphatic heterocycles. The molecule has 1 heterocycles. The molecule has 0 bridgehead atoms. The highest BCUT2D eigenvalue weighted by atomic mass is 16.4. The van der Waals surface area contributed by atoms with Gasteiger partial charge in [-0.05, 0) is 6.07 Å². The molecule has 2 rings (SSSR count). The standard InChI is InChI=1S/C10H7N5O/c11-4-8-2-1-3-9(5-14-16)10(8)15-7-12-6-13-15/h1-3,5-7,16H. The molecule has 0 fully saturated rings. The smallest absolute Gasteiger partial charge is 0.138 e. The van der Waals surface area contributed by atoms with E-state index in [-0.39, 0.29) is 0 Å². The second-order valence-electron chi connectivity index (χ2n) is 2.94. The number of oxime groups is 1. The molecule has 0 atom stereocenters. The number of nitriles is 1. The van der Waals surface area contributed by atoms with Crippen LogP contribution in [0.3, 0.4) is 0 Å². The van der Waals surface area contributed by atoms with Gasteiger partial charge in [0.05, 0.1) is 17.5 Å². The van der Waals surface area contributed by atoms with Gasteiger partial charge in [-0.25, -0.2) is 9.67 Å². The minimum absolute atomic E-state index is 0.433. The van der Waals surface area contributed by atoms with Crippen molar-refractivity contribution in [3.05, 3.63) is 42.0 Å². The van der Waals surface area contributed by atoms with Gasteiger partial charge in [0.1, 0.15) is 18.7 Å². The van der Waals surface area contributed by atoms with Crippen LogP contribution in [0.15, 0.2) is 36.0 Å². The number of benzene rings is 1. The van der Waals surface area contributed by atoms with Crippen molar-refractivity contribution in [1.29, 1.82) is 5.26 Å². The fraction of sp³-hybridized carbons (Fsp3) is 0. The molecule has 0 radical (unpaired) electrons. The maximum atomic E-state index is 8.99. The molecule has 78 valence electrons. The second-order valence-corrected chi connectivity index (χ2v) is 2.94. The average molecular weight is 213 g/mol. The summed E-state index contributed by atoms with van der Waals surface area (Å²) < 4.78 is 1.45. The van der Waals surface area contributed by atoms with Crippen molar-refractivity contribution in [3.63, 3.8) is 0 Å². The molecule has 0 spiro atoms. The topological polar surface area (TPSA) is 87.1 Å². The lowest BCUT2D eigenvalue weighted by Gasteiger charge is -2.06. The Kier molecular flexibility index (Phi) is 2.61. The molecule has 0 saturated carbocycles. The Bertz CT molecular complexity index is 553. The van der Waals surface area contributed by atoms with Gasteiger partial charge < -0.3 is 5.21 Å². The maximum Gasteiger partial charge on any atom is 0.138 e. The predicted molar refractivity (Wildman–Crippen MR) is 55.5 cm³/mol. The van der Waals surface area contributed by atoms with E-state index in [4.69, 9.17) is 10.5 Å². The minimum atomic E-state index is 0.433. The summed E-state index contributed by atoms with van der Waals surface area (Å²) >= 11 is 0. The summed E-state index contributed by atoms with van der Waals surface area (Å²) in [5.74, 6) is 0. The molecule has 16 heavy (non-hydrogen) atoms. The Morgan fingerprint density at radius 1 is 1.50 bits per heavy atom. The summed E-state index contributed by atoms with van der Waals surface area (Å²) in [6.45, 7) is 0. The van der Waals surface area contributed by atoms with Crippen molar-refractivity contribution in [2.75, 3.05) is 0 Å². The Morgan fingerprint density at radius 3 is 3.00 bits per heavy atom. The van der Waals surface area contributed by atoms with Gasteiger partial charge in [0.15, 0.2) is 0 Å². The number of hydrogen-bond acceptors (Lipinski definition) is 5. The Balaban J connectivity index is 2.69. The van der Waals surface area contributed by atoms with E-state index >= 15 is 0 Å². The second kappa shape index (κ2) is 4.23. The highest BCUT2D eigenvalue weighted by Crippen LogP contribution is 2.16. The molecule has 6 heteroatoms. The molecular formula is C10H7N5O. The molecule has 2 aromatic rings. The first-order valence-electron chi connectivity index (χ1n) is 4.42. The van der Waals surface area contributed by atoms with E-state index in [1.165, 1.54) is 23.6 Å². The number of rotatable bonds is 2. The molecule has 0 amide bonds. The van der Waals surface area contributed by atoms with Gasteiger partial charge in [0.25, 0.3) is 0 Å². The Labute approximate surface area is 91.1 Å². The van der Waals surface area contributed by atoms with Crippen LogP contribution in [0.1, 0.15) is 11.1 Å². The fourth-order valence-corrected chi connectivity index (χ4v) is 1.40. The molecule has 0 unspecified atom stereocenters. The summed E-state index contributed by atoms with van der Waals surface area (Å²) in [5, 5.41) is 24.4. The molecule has 6 nitrogen and oxygen atoms in total. The fourth-order valence-electron chi connectivity index (χ4n) is 1.40. The van der Waals surface area contributed by atoms with Crippen LogP contribution in [0.5, 0.6) is 0 Å². The van der Waals surface area contributed by atoms with E-state index in [1.807, 2.05) is 0 Å². The van der Waals surface area contributed by atoms with E-state index in [2.05, 4.69) is 21.3 Å². The molecular weight excluding hydrogens is 206 g/mol. The van der Waals surface area contributed by atoms with Crippen LogP contribution in [0.4, 0.5) is 0 Å². The lowest BCUT2D eigenvalue weighted by Crippen LogP contribution is -2.02. The van der Waals surface area contributed by atoms with Gasteiger partial charge in [0.2, 0.25) is 0 Å². The lowest BCUT2D eigenvalue weighted by atomic mass is 10.1. The Morgan fingerprint density at radius 2 is 2.38 bits per heavy atom. The van der Waals surface area contributed by atoms with E-state index in [1.54, 1.807) is 18.2 Å². The van der Waals surface area contributed by atoms with Crippen molar-refractivity contribution >= 4 is 6.21 Å². The van der Waals surface area contributed by atoms with Crippen molar-refractivity contribution in [2.24, 2.45) is 5.16 Å². The van der Waals surface area contributed by atoms with Crippen LogP contribution in [-0.2, 0) is 0 Å². The third-order valence-electron chi connectivity index (χ3n) is 2.03. The van der Waals surface area contributed by atoms with Gasteiger partial charge in [-0.1, -0.05) is 17.3 Å². The molecule has 1 aromatic heterocycles. The zero-order valence-electron chi connectivity index (χ0n) is 8.15. The Hall–Kier alpha value is -2.68. The molecule has 1 N–H and O–H groups in total. The van der Waals surface area contributed by atoms with Crippen molar-refractivity contribution < 1.29 is 5.21 Å². The number of aromatic nitrogens is 3. The van der Waals surface area contributed by atoms with Crippen molar-refractivity contribution in [1.82, 2.24) is 14.8 Å². The molecule has 0 aliphatic rings. The lowest BCUT2D eigenvalue weighted by molar-refractivity contribution is 0.322. The molecule has 0 saturated heterocycles. The summed E-state index contributed by atoms with van der Waals surface area (Å²) in [5.41, 5.74) is 1.57. The van der Waals surface area contributed by atoms with Crippen LogP contribution in [-0.4, -0.2) is 26.2 Å². The summed E-state index contributed by atoms with van der Waals surface area (Å²) in [4.78, 5) is 3.81. The van der Waals surface area contributed by atoms with Gasteiger partial charge >= 0.3 is 0 Å². The van der Waals surface area contributed by atoms with E-state index in [0.717, 1.165) is 0 Å². The van der Waals surface area contributed by atoms with E-state index < -0.39 is 0 Å². The van der Waals surface area contributed by atoms with Crippen molar-refractivity contribution in [2.45, 2.75) is 0 Å². The minimum Gasteiger partial charge on any atom is -0.411 e. The highest BCUT2D eigenvalue weighted by molar-refractivity contribution is 5.86. The predicted octanol–water partition coefficient (Wildman–Crippen LogP) is 0.947. The zero-order valence-corrected chi connectivity index (χ0v) is 8.15. The molecule has 1 aromatic carbocycles. The van der Waals surface area contributed by atoms with Gasteiger partial charge in [-0.2, -0.15) is 10.4 Å². The van der Waals surface area contributed by atoms with E-state index in [0.29, 0.717) is 16.8 Å². The van der Waals surface area contributed by atoms with Gasteiger partial charge in [-0.15, -0.1) is 0 Å². The largest absolute Gasteiger partial charge is 0.411 e. The third kappa shape index (κ3) is 1.62. The maximum absolute atomic E-state index is 8.99. The van der Waals surface area contributed by atoms with Crippen LogP contribution < -0.4 is 0 Å². The highest BCUT2D eigenvalue weighted by Gasteiger charge is 2.09. The summed E-state index contributed by atoms with van der Waals surface area (Å²) in [7, 11) is 0. The zero-order chi connectivity index (χ0) is 11.4. The third-order valence-corrected chi connectivity index (χ3v) is 2.03. The summed E-state index contributed by atoms with van der Waals surface area (Å²) in [6.07, 6.45) is 4.09. The number of nitrogens with zero attached hydrogens (tertiary/aromatic N) is 5. The summed E-state index contributed by atoms with van der Waals surface area (Å²) in [6, 6.07) is 7.13. The van der Waals surface area contributed by atoms with Crippen LogP contribution >= 0.6 is 0 Å². The van der Waals surface area contributed by atoms with Crippen LogP contribution in [0, 0.1) is 11.3 Å². The van der Waals surface area contributed by atoms with Gasteiger partial charge in [0, 0.05) is 5.56 Å². The monoisotopic (exact) mass is 213 g/mol. The van der Waals surface area contributed by atoms with E-state index in [9.17, 15) is 0 Å². The first kappa shape index (κ1) is 9.86. The van der Waals surface area contributed by atoms with Crippen molar-refractivity contribution in [3.8, 4) is 11.8 Å². The SMILES string of the molecule is N#Cc1cccc(C=NO)c1-n1cncn1. The first-order chi connectivity index (χ1) is 7.86. The number of para-hydroxylation sites is 1. The number of hydrogen-bond donors (Lipinski definition) is 1. The molecule has 0 aliphatic carbocycles. The first-order valence-corrected chi connectivity index (χ1v) is 4.42. The van der Waals surface area contributed by atoms with Crippen LogP contribution in [0.2, 0.25) is 0 Å².